The Morgan fingerprint density at radius 1 is 1.29 bits per heavy atom. The van der Waals surface area contributed by atoms with E-state index < -0.39 is 5.82 Å². The Balaban J connectivity index is 1.68. The van der Waals surface area contributed by atoms with Crippen LogP contribution in [0.4, 0.5) is 10.2 Å². The lowest BCUT2D eigenvalue weighted by Gasteiger charge is -2.23. The molecular formula is C17H17BrFN3O2. The summed E-state index contributed by atoms with van der Waals surface area (Å²) in [6.07, 6.45) is 2.00. The molecule has 2 N–H and O–H groups in total. The molecule has 0 bridgehead atoms. The maximum Gasteiger partial charge on any atom is 0.257 e. The zero-order valence-corrected chi connectivity index (χ0v) is 14.5. The third-order valence-corrected chi connectivity index (χ3v) is 4.37. The largest absolute Gasteiger partial charge is 0.474 e. The van der Waals surface area contributed by atoms with E-state index in [0.29, 0.717) is 21.7 Å². The van der Waals surface area contributed by atoms with Crippen molar-refractivity contribution in [1.82, 2.24) is 10.3 Å². The van der Waals surface area contributed by atoms with Gasteiger partial charge in [0.1, 0.15) is 17.7 Å². The van der Waals surface area contributed by atoms with Gasteiger partial charge in [-0.1, -0.05) is 6.07 Å². The number of carbonyl (C=O) groups is 1. The van der Waals surface area contributed by atoms with Gasteiger partial charge < -0.3 is 15.4 Å². The Labute approximate surface area is 147 Å². The molecule has 0 atom stereocenters. The van der Waals surface area contributed by atoms with Gasteiger partial charge in [0.25, 0.3) is 5.91 Å². The van der Waals surface area contributed by atoms with Crippen LogP contribution in [-0.2, 0) is 0 Å². The highest BCUT2D eigenvalue weighted by Gasteiger charge is 2.16. The highest BCUT2D eigenvalue weighted by molar-refractivity contribution is 9.10. The topological polar surface area (TPSA) is 63.2 Å². The number of hydrogen-bond acceptors (Lipinski definition) is 4. The smallest absolute Gasteiger partial charge is 0.257 e. The highest BCUT2D eigenvalue weighted by atomic mass is 79.9. The molecule has 7 heteroatoms. The molecule has 0 radical (unpaired) electrons. The SMILES string of the molecule is O=C(Nc1cccc(OC2CCNCC2)n1)c1ccc(F)cc1Br. The molecular weight excluding hydrogens is 377 g/mol. The van der Waals surface area contributed by atoms with Crippen molar-refractivity contribution in [2.45, 2.75) is 18.9 Å². The summed E-state index contributed by atoms with van der Waals surface area (Å²) in [5.41, 5.74) is 0.336. The molecule has 2 aromatic rings. The Morgan fingerprint density at radius 3 is 2.83 bits per heavy atom. The summed E-state index contributed by atoms with van der Waals surface area (Å²) in [6.45, 7) is 1.86. The average Bonchev–Trinajstić information content (AvgIpc) is 2.56. The van der Waals surface area contributed by atoms with Crippen molar-refractivity contribution >= 4 is 27.7 Å². The number of ether oxygens (including phenoxy) is 1. The molecule has 1 fully saturated rings. The van der Waals surface area contributed by atoms with E-state index in [0.717, 1.165) is 25.9 Å². The van der Waals surface area contributed by atoms with Gasteiger partial charge in [0.2, 0.25) is 5.88 Å². The fourth-order valence-electron chi connectivity index (χ4n) is 2.49. The lowest BCUT2D eigenvalue weighted by atomic mass is 10.1. The predicted molar refractivity (Wildman–Crippen MR) is 92.8 cm³/mol. The van der Waals surface area contributed by atoms with Crippen molar-refractivity contribution in [3.8, 4) is 5.88 Å². The lowest BCUT2D eigenvalue weighted by molar-refractivity contribution is 0.102. The monoisotopic (exact) mass is 393 g/mol. The summed E-state index contributed by atoms with van der Waals surface area (Å²) in [5.74, 6) is 0.0999. The molecule has 1 aliphatic heterocycles. The Bertz CT molecular complexity index is 736. The molecule has 1 aromatic carbocycles. The first-order chi connectivity index (χ1) is 11.6. The van der Waals surface area contributed by atoms with E-state index in [1.165, 1.54) is 18.2 Å². The average molecular weight is 394 g/mol. The van der Waals surface area contributed by atoms with Gasteiger partial charge in [-0.25, -0.2) is 4.39 Å². The molecule has 1 aliphatic rings. The summed E-state index contributed by atoms with van der Waals surface area (Å²) in [6, 6.07) is 9.14. The molecule has 1 amide bonds. The number of pyridine rings is 1. The first-order valence-corrected chi connectivity index (χ1v) is 8.52. The van der Waals surface area contributed by atoms with E-state index in [4.69, 9.17) is 4.74 Å². The number of hydrogen-bond donors (Lipinski definition) is 2. The quantitative estimate of drug-likeness (QED) is 0.835. The van der Waals surface area contributed by atoms with Crippen LogP contribution in [0.15, 0.2) is 40.9 Å². The van der Waals surface area contributed by atoms with Crippen LogP contribution in [0.5, 0.6) is 5.88 Å². The van der Waals surface area contributed by atoms with Crippen LogP contribution in [0.1, 0.15) is 23.2 Å². The lowest BCUT2D eigenvalue weighted by Crippen LogP contribution is -2.34. The van der Waals surface area contributed by atoms with Gasteiger partial charge in [-0.3, -0.25) is 4.79 Å². The number of anilines is 1. The number of nitrogens with one attached hydrogen (secondary N) is 2. The van der Waals surface area contributed by atoms with Crippen LogP contribution < -0.4 is 15.4 Å². The summed E-state index contributed by atoms with van der Waals surface area (Å²) in [5, 5.41) is 5.98. The van der Waals surface area contributed by atoms with Gasteiger partial charge in [0.15, 0.2) is 0 Å². The van der Waals surface area contributed by atoms with Crippen LogP contribution in [0.25, 0.3) is 0 Å². The molecule has 2 heterocycles. The van der Waals surface area contributed by atoms with E-state index in [1.54, 1.807) is 18.2 Å². The molecule has 1 saturated heterocycles. The number of halogens is 2. The number of carbonyl (C=O) groups excluding carboxylic acids is 1. The molecule has 24 heavy (non-hydrogen) atoms. The van der Waals surface area contributed by atoms with Crippen LogP contribution >= 0.6 is 15.9 Å². The van der Waals surface area contributed by atoms with Crippen LogP contribution in [0.3, 0.4) is 0 Å². The first kappa shape index (κ1) is 16.9. The first-order valence-electron chi connectivity index (χ1n) is 7.72. The van der Waals surface area contributed by atoms with Crippen molar-refractivity contribution in [2.24, 2.45) is 0 Å². The van der Waals surface area contributed by atoms with Crippen molar-refractivity contribution < 1.29 is 13.9 Å². The molecule has 1 aromatic heterocycles. The second-order valence-corrected chi connectivity index (χ2v) is 6.36. The predicted octanol–water partition coefficient (Wildman–Crippen LogP) is 3.37. The molecule has 0 aliphatic carbocycles. The van der Waals surface area contributed by atoms with Crippen molar-refractivity contribution in [2.75, 3.05) is 18.4 Å². The van der Waals surface area contributed by atoms with Gasteiger partial charge in [0.05, 0.1) is 5.56 Å². The second-order valence-electron chi connectivity index (χ2n) is 5.51. The number of benzene rings is 1. The maximum atomic E-state index is 13.1. The summed E-state index contributed by atoms with van der Waals surface area (Å²) in [4.78, 5) is 16.6. The molecule has 126 valence electrons. The van der Waals surface area contributed by atoms with Gasteiger partial charge in [-0.2, -0.15) is 4.98 Å². The molecule has 0 unspecified atom stereocenters. The minimum atomic E-state index is -0.408. The standard InChI is InChI=1S/C17H17BrFN3O2/c18-14-10-11(19)4-5-13(14)17(23)22-15-2-1-3-16(21-15)24-12-6-8-20-9-7-12/h1-5,10,12,20H,6-9H2,(H,21,22,23). The fourth-order valence-corrected chi connectivity index (χ4v) is 3.02. The van der Waals surface area contributed by atoms with Gasteiger partial charge >= 0.3 is 0 Å². The van der Waals surface area contributed by atoms with E-state index in [9.17, 15) is 9.18 Å². The molecule has 5 nitrogen and oxygen atoms in total. The number of aromatic nitrogens is 1. The highest BCUT2D eigenvalue weighted by Crippen LogP contribution is 2.21. The van der Waals surface area contributed by atoms with Crippen molar-refractivity contribution in [3.63, 3.8) is 0 Å². The Morgan fingerprint density at radius 2 is 2.08 bits per heavy atom. The minimum absolute atomic E-state index is 0.135. The van der Waals surface area contributed by atoms with E-state index in [2.05, 4.69) is 31.5 Å². The van der Waals surface area contributed by atoms with E-state index >= 15 is 0 Å². The number of nitrogens with zero attached hydrogens (tertiary/aromatic N) is 1. The Kier molecular flexibility index (Phi) is 5.42. The van der Waals surface area contributed by atoms with E-state index in [1.807, 2.05) is 0 Å². The van der Waals surface area contributed by atoms with Crippen LogP contribution in [0.2, 0.25) is 0 Å². The molecule has 0 spiro atoms. The van der Waals surface area contributed by atoms with Gasteiger partial charge in [-0.15, -0.1) is 0 Å². The molecule has 0 saturated carbocycles. The number of rotatable bonds is 4. The minimum Gasteiger partial charge on any atom is -0.474 e. The van der Waals surface area contributed by atoms with Crippen molar-refractivity contribution in [3.05, 3.63) is 52.3 Å². The van der Waals surface area contributed by atoms with Crippen LogP contribution in [0, 0.1) is 5.82 Å². The summed E-state index contributed by atoms with van der Waals surface area (Å²) < 4.78 is 19.4. The zero-order valence-electron chi connectivity index (χ0n) is 12.9. The van der Waals surface area contributed by atoms with Gasteiger partial charge in [-0.05, 0) is 66.1 Å². The van der Waals surface area contributed by atoms with E-state index in [-0.39, 0.29) is 12.0 Å². The third-order valence-electron chi connectivity index (χ3n) is 3.71. The normalized spacial score (nSPS) is 15.1. The summed E-state index contributed by atoms with van der Waals surface area (Å²) >= 11 is 3.19. The second kappa shape index (κ2) is 7.72. The maximum absolute atomic E-state index is 13.1. The third kappa shape index (κ3) is 4.30. The van der Waals surface area contributed by atoms with Crippen LogP contribution in [-0.4, -0.2) is 30.1 Å². The zero-order chi connectivity index (χ0) is 16.9. The Hall–Kier alpha value is -1.99. The fraction of sp³-hybridized carbons (Fsp3) is 0.294. The number of piperidine rings is 1. The molecule has 3 rings (SSSR count). The van der Waals surface area contributed by atoms with Crippen molar-refractivity contribution in [1.29, 1.82) is 0 Å². The number of amides is 1. The summed E-state index contributed by atoms with van der Waals surface area (Å²) in [7, 11) is 0. The van der Waals surface area contributed by atoms with Gasteiger partial charge in [0, 0.05) is 10.5 Å².